The first-order chi connectivity index (χ1) is 10.1. The second-order valence-corrected chi connectivity index (χ2v) is 6.22. The lowest BCUT2D eigenvalue weighted by atomic mass is 10.0. The molecular weight excluding hydrogens is 282 g/mol. The van der Waals surface area contributed by atoms with Gasteiger partial charge in [-0.3, -0.25) is 0 Å². The average Bonchev–Trinajstić information content (AvgIpc) is 2.92. The van der Waals surface area contributed by atoms with Gasteiger partial charge in [0, 0.05) is 5.56 Å². The number of hydrogen-bond donors (Lipinski definition) is 1. The average molecular weight is 297 g/mol. The summed E-state index contributed by atoms with van der Waals surface area (Å²) < 4.78 is 0. The van der Waals surface area contributed by atoms with Crippen LogP contribution in [0.15, 0.2) is 42.5 Å². The van der Waals surface area contributed by atoms with Gasteiger partial charge in [0.25, 0.3) is 0 Å². The topological polar surface area (TPSA) is 50.2 Å². The predicted molar refractivity (Wildman–Crippen MR) is 86.1 cm³/mol. The summed E-state index contributed by atoms with van der Waals surface area (Å²) in [5.41, 5.74) is 1.66. The number of benzene rings is 2. The fraction of sp³-hybridized carbons (Fsp3) is 0.176. The van der Waals surface area contributed by atoms with E-state index in [9.17, 15) is 9.90 Å². The smallest absolute Gasteiger partial charge is 0.347 e. The molecule has 4 heteroatoms. The summed E-state index contributed by atoms with van der Waals surface area (Å²) in [6, 6.07) is 14.1. The number of carbonyl (C=O) groups is 1. The van der Waals surface area contributed by atoms with Gasteiger partial charge in [-0.25, -0.2) is 9.78 Å². The predicted octanol–water partition coefficient (Wildman–Crippen LogP) is 4.78. The van der Waals surface area contributed by atoms with Crippen LogP contribution < -0.4 is 0 Å². The summed E-state index contributed by atoms with van der Waals surface area (Å²) in [6.07, 6.45) is 0. The summed E-state index contributed by atoms with van der Waals surface area (Å²) in [4.78, 5) is 16.3. The maximum atomic E-state index is 11.4. The van der Waals surface area contributed by atoms with Crippen molar-refractivity contribution in [2.75, 3.05) is 0 Å². The first-order valence-electron chi connectivity index (χ1n) is 6.80. The summed E-state index contributed by atoms with van der Waals surface area (Å²) in [6.45, 7) is 3.93. The van der Waals surface area contributed by atoms with Gasteiger partial charge in [0.2, 0.25) is 0 Å². The SMILES string of the molecule is CC(C)c1nc(-c2cccc3ccccc23)sc1C(=O)O. The van der Waals surface area contributed by atoms with Crippen LogP contribution in [0.3, 0.4) is 0 Å². The minimum atomic E-state index is -0.900. The van der Waals surface area contributed by atoms with Crippen LogP contribution in [0.4, 0.5) is 0 Å². The molecule has 0 aliphatic heterocycles. The second kappa shape index (κ2) is 5.30. The Kier molecular flexibility index (Phi) is 3.47. The number of aromatic nitrogens is 1. The summed E-state index contributed by atoms with van der Waals surface area (Å²) in [5.74, 6) is -0.807. The first kappa shape index (κ1) is 13.8. The molecule has 0 amide bonds. The maximum absolute atomic E-state index is 11.4. The molecule has 3 rings (SSSR count). The van der Waals surface area contributed by atoms with Gasteiger partial charge in [0.15, 0.2) is 0 Å². The molecule has 0 atom stereocenters. The van der Waals surface area contributed by atoms with Crippen molar-refractivity contribution in [2.45, 2.75) is 19.8 Å². The molecule has 0 saturated heterocycles. The third kappa shape index (κ3) is 2.43. The molecule has 106 valence electrons. The summed E-state index contributed by atoms with van der Waals surface area (Å²) in [7, 11) is 0. The zero-order chi connectivity index (χ0) is 15.0. The highest BCUT2D eigenvalue weighted by molar-refractivity contribution is 7.17. The van der Waals surface area contributed by atoms with E-state index in [-0.39, 0.29) is 5.92 Å². The van der Waals surface area contributed by atoms with E-state index < -0.39 is 5.97 Å². The van der Waals surface area contributed by atoms with Crippen LogP contribution >= 0.6 is 11.3 Å². The lowest BCUT2D eigenvalue weighted by Gasteiger charge is -2.03. The quantitative estimate of drug-likeness (QED) is 0.756. The van der Waals surface area contributed by atoms with Crippen LogP contribution in [-0.4, -0.2) is 16.1 Å². The molecule has 1 aromatic heterocycles. The molecule has 3 nitrogen and oxygen atoms in total. The Morgan fingerprint density at radius 2 is 1.86 bits per heavy atom. The molecule has 0 saturated carbocycles. The Labute approximate surface area is 126 Å². The van der Waals surface area contributed by atoms with E-state index in [1.807, 2.05) is 56.3 Å². The third-order valence-corrected chi connectivity index (χ3v) is 4.51. The van der Waals surface area contributed by atoms with Crippen LogP contribution in [0, 0.1) is 0 Å². The normalized spacial score (nSPS) is 11.2. The van der Waals surface area contributed by atoms with E-state index in [2.05, 4.69) is 4.98 Å². The zero-order valence-electron chi connectivity index (χ0n) is 11.8. The molecule has 0 aliphatic rings. The molecule has 0 radical (unpaired) electrons. The van der Waals surface area contributed by atoms with E-state index in [0.717, 1.165) is 21.3 Å². The Bertz CT molecular complexity index is 815. The van der Waals surface area contributed by atoms with Gasteiger partial charge in [-0.05, 0) is 16.7 Å². The van der Waals surface area contributed by atoms with E-state index in [1.54, 1.807) is 0 Å². The highest BCUT2D eigenvalue weighted by Gasteiger charge is 2.20. The number of nitrogens with zero attached hydrogens (tertiary/aromatic N) is 1. The minimum absolute atomic E-state index is 0.0936. The minimum Gasteiger partial charge on any atom is -0.477 e. The summed E-state index contributed by atoms with van der Waals surface area (Å²) >= 11 is 1.25. The van der Waals surface area contributed by atoms with Gasteiger partial charge < -0.3 is 5.11 Å². The van der Waals surface area contributed by atoms with Crippen molar-refractivity contribution >= 4 is 28.1 Å². The van der Waals surface area contributed by atoms with E-state index in [4.69, 9.17) is 0 Å². The van der Waals surface area contributed by atoms with Crippen LogP contribution in [0.2, 0.25) is 0 Å². The molecule has 1 N–H and O–H groups in total. The molecule has 0 fully saturated rings. The van der Waals surface area contributed by atoms with Crippen molar-refractivity contribution in [2.24, 2.45) is 0 Å². The van der Waals surface area contributed by atoms with Crippen LogP contribution in [0.25, 0.3) is 21.3 Å². The second-order valence-electron chi connectivity index (χ2n) is 5.22. The molecule has 3 aromatic rings. The highest BCUT2D eigenvalue weighted by Crippen LogP contribution is 2.35. The van der Waals surface area contributed by atoms with E-state index >= 15 is 0 Å². The number of carboxylic acid groups (broad SMARTS) is 1. The van der Waals surface area contributed by atoms with Crippen molar-refractivity contribution in [3.05, 3.63) is 53.0 Å². The van der Waals surface area contributed by atoms with Crippen molar-refractivity contribution in [1.82, 2.24) is 4.98 Å². The lowest BCUT2D eigenvalue weighted by molar-refractivity contribution is 0.0700. The molecule has 2 aromatic carbocycles. The monoisotopic (exact) mass is 297 g/mol. The van der Waals surface area contributed by atoms with Gasteiger partial charge in [-0.1, -0.05) is 56.3 Å². The van der Waals surface area contributed by atoms with Gasteiger partial charge in [-0.15, -0.1) is 11.3 Å². The van der Waals surface area contributed by atoms with Gasteiger partial charge in [0.05, 0.1) is 5.69 Å². The fourth-order valence-corrected chi connectivity index (χ4v) is 3.50. The van der Waals surface area contributed by atoms with Crippen molar-refractivity contribution in [1.29, 1.82) is 0 Å². The number of fused-ring (bicyclic) bond motifs is 1. The molecule has 1 heterocycles. The van der Waals surface area contributed by atoms with Crippen LogP contribution in [0.5, 0.6) is 0 Å². The zero-order valence-corrected chi connectivity index (χ0v) is 12.6. The molecule has 0 aliphatic carbocycles. The van der Waals surface area contributed by atoms with Crippen LogP contribution in [0.1, 0.15) is 35.1 Å². The third-order valence-electron chi connectivity index (χ3n) is 3.41. The summed E-state index contributed by atoms with van der Waals surface area (Å²) in [5, 5.41) is 12.4. The molecule has 0 spiro atoms. The van der Waals surface area contributed by atoms with Crippen LogP contribution in [-0.2, 0) is 0 Å². The van der Waals surface area contributed by atoms with Crippen molar-refractivity contribution in [3.8, 4) is 10.6 Å². The Morgan fingerprint density at radius 3 is 2.52 bits per heavy atom. The fourth-order valence-electron chi connectivity index (χ4n) is 2.40. The van der Waals surface area contributed by atoms with E-state index in [0.29, 0.717) is 10.6 Å². The first-order valence-corrected chi connectivity index (χ1v) is 7.61. The Hall–Kier alpha value is -2.20. The Balaban J connectivity index is 2.24. The number of rotatable bonds is 3. The lowest BCUT2D eigenvalue weighted by Crippen LogP contribution is -2.00. The molecule has 21 heavy (non-hydrogen) atoms. The van der Waals surface area contributed by atoms with Gasteiger partial charge in [0.1, 0.15) is 9.88 Å². The van der Waals surface area contributed by atoms with Gasteiger partial charge in [-0.2, -0.15) is 0 Å². The molecule has 0 bridgehead atoms. The van der Waals surface area contributed by atoms with E-state index in [1.165, 1.54) is 11.3 Å². The van der Waals surface area contributed by atoms with Gasteiger partial charge >= 0.3 is 5.97 Å². The number of hydrogen-bond acceptors (Lipinski definition) is 3. The highest BCUT2D eigenvalue weighted by atomic mass is 32.1. The number of aromatic carboxylic acids is 1. The molecule has 0 unspecified atom stereocenters. The largest absolute Gasteiger partial charge is 0.477 e. The number of carboxylic acids is 1. The maximum Gasteiger partial charge on any atom is 0.347 e. The van der Waals surface area contributed by atoms with Crippen molar-refractivity contribution < 1.29 is 9.90 Å². The molecular formula is C17H15NO2S. The Morgan fingerprint density at radius 1 is 1.14 bits per heavy atom. The van der Waals surface area contributed by atoms with Crippen molar-refractivity contribution in [3.63, 3.8) is 0 Å². The standard InChI is InChI=1S/C17H15NO2S/c1-10(2)14-15(17(19)20)21-16(18-14)13-9-5-7-11-6-3-4-8-12(11)13/h3-10H,1-2H3,(H,19,20). The number of thiazole rings is 1.